The number of benzene rings is 2. The van der Waals surface area contributed by atoms with E-state index in [9.17, 15) is 4.79 Å². The van der Waals surface area contributed by atoms with E-state index in [0.717, 1.165) is 18.7 Å². The number of rotatable bonds is 4. The summed E-state index contributed by atoms with van der Waals surface area (Å²) in [5.41, 5.74) is 5.97. The third-order valence-electron chi connectivity index (χ3n) is 4.33. The van der Waals surface area contributed by atoms with Crippen LogP contribution in [0.4, 0.5) is 11.4 Å². The van der Waals surface area contributed by atoms with Gasteiger partial charge in [-0.15, -0.1) is 0 Å². The van der Waals surface area contributed by atoms with Crippen LogP contribution in [0.25, 0.3) is 0 Å². The number of carbonyl (C=O) groups is 1. The van der Waals surface area contributed by atoms with E-state index in [0.29, 0.717) is 5.92 Å². The van der Waals surface area contributed by atoms with Crippen LogP contribution >= 0.6 is 0 Å². The third-order valence-corrected chi connectivity index (χ3v) is 4.33. The Morgan fingerprint density at radius 1 is 1.17 bits per heavy atom. The number of allylic oxidation sites excluding steroid dienone is 1. The minimum Gasteiger partial charge on any atom is -0.344 e. The quantitative estimate of drug-likeness (QED) is 0.874. The summed E-state index contributed by atoms with van der Waals surface area (Å²) >= 11 is 0. The maximum atomic E-state index is 11.2. The highest BCUT2D eigenvalue weighted by atomic mass is 16.1. The maximum Gasteiger partial charge on any atom is 0.221 e. The van der Waals surface area contributed by atoms with Crippen molar-refractivity contribution in [3.8, 4) is 0 Å². The van der Waals surface area contributed by atoms with E-state index >= 15 is 0 Å². The Hall–Kier alpha value is -2.55. The first-order valence-corrected chi connectivity index (χ1v) is 8.45. The minimum atomic E-state index is -0.0385. The van der Waals surface area contributed by atoms with Gasteiger partial charge in [-0.3, -0.25) is 4.79 Å². The molecule has 24 heavy (non-hydrogen) atoms. The Kier molecular flexibility index (Phi) is 4.70. The van der Waals surface area contributed by atoms with Gasteiger partial charge in [0.05, 0.1) is 0 Å². The average molecular weight is 320 g/mol. The van der Waals surface area contributed by atoms with E-state index in [1.54, 1.807) is 0 Å². The largest absolute Gasteiger partial charge is 0.344 e. The van der Waals surface area contributed by atoms with Crippen molar-refractivity contribution in [2.75, 3.05) is 10.2 Å². The van der Waals surface area contributed by atoms with Crippen molar-refractivity contribution >= 4 is 17.3 Å². The standard InChI is InChI=1S/C21H24N2O/c1-15(2)18-8-6-17(7-9-18)14-23-12-4-5-19-13-20(22-16(3)24)10-11-21(19)23/h4,6-13,15H,5,14H2,1-3H3,(H,22,24). The molecule has 1 amide bonds. The van der Waals surface area contributed by atoms with E-state index in [4.69, 9.17) is 0 Å². The molecular formula is C21H24N2O. The third kappa shape index (κ3) is 3.67. The molecule has 0 aliphatic carbocycles. The summed E-state index contributed by atoms with van der Waals surface area (Å²) < 4.78 is 0. The molecule has 1 heterocycles. The number of amides is 1. The monoisotopic (exact) mass is 320 g/mol. The molecule has 0 saturated carbocycles. The zero-order chi connectivity index (χ0) is 17.1. The highest BCUT2D eigenvalue weighted by molar-refractivity contribution is 5.89. The van der Waals surface area contributed by atoms with Crippen LogP contribution < -0.4 is 10.2 Å². The normalized spacial score (nSPS) is 13.1. The molecule has 1 aliphatic heterocycles. The Morgan fingerprint density at radius 2 is 1.92 bits per heavy atom. The summed E-state index contributed by atoms with van der Waals surface area (Å²) in [5.74, 6) is 0.519. The first-order valence-electron chi connectivity index (χ1n) is 8.45. The number of nitrogens with zero attached hydrogens (tertiary/aromatic N) is 1. The summed E-state index contributed by atoms with van der Waals surface area (Å²) in [6, 6.07) is 15.0. The van der Waals surface area contributed by atoms with Crippen LogP contribution in [0, 0.1) is 0 Å². The van der Waals surface area contributed by atoms with Gasteiger partial charge in [-0.1, -0.05) is 44.2 Å². The summed E-state index contributed by atoms with van der Waals surface area (Å²) in [4.78, 5) is 13.5. The second-order valence-electron chi connectivity index (χ2n) is 6.64. The molecule has 0 aromatic heterocycles. The van der Waals surface area contributed by atoms with Gasteiger partial charge >= 0.3 is 0 Å². The molecule has 3 heteroatoms. The number of carbonyl (C=O) groups excluding carboxylic acids is 1. The molecule has 1 aliphatic rings. The lowest BCUT2D eigenvalue weighted by Crippen LogP contribution is -2.20. The molecule has 0 unspecified atom stereocenters. The summed E-state index contributed by atoms with van der Waals surface area (Å²) in [7, 11) is 0. The van der Waals surface area contributed by atoms with Gasteiger partial charge in [0.2, 0.25) is 5.91 Å². The Labute approximate surface area is 144 Å². The van der Waals surface area contributed by atoms with Gasteiger partial charge in [-0.25, -0.2) is 0 Å². The number of hydrogen-bond donors (Lipinski definition) is 1. The van der Waals surface area contributed by atoms with Gasteiger partial charge < -0.3 is 10.2 Å². The van der Waals surface area contributed by atoms with Crippen LogP contribution in [-0.4, -0.2) is 5.91 Å². The van der Waals surface area contributed by atoms with Gasteiger partial charge in [0.25, 0.3) is 0 Å². The van der Waals surface area contributed by atoms with Crippen molar-refractivity contribution in [2.24, 2.45) is 0 Å². The molecular weight excluding hydrogens is 296 g/mol. The van der Waals surface area contributed by atoms with Crippen molar-refractivity contribution in [3.63, 3.8) is 0 Å². The number of nitrogens with one attached hydrogen (secondary N) is 1. The SMILES string of the molecule is CC(=O)Nc1ccc2c(c1)CC=CN2Cc1ccc(C(C)C)cc1. The highest BCUT2D eigenvalue weighted by Crippen LogP contribution is 2.30. The van der Waals surface area contributed by atoms with E-state index in [-0.39, 0.29) is 5.91 Å². The Morgan fingerprint density at radius 3 is 2.58 bits per heavy atom. The van der Waals surface area contributed by atoms with Crippen molar-refractivity contribution in [3.05, 3.63) is 71.4 Å². The minimum absolute atomic E-state index is 0.0385. The van der Waals surface area contributed by atoms with Gasteiger partial charge in [-0.2, -0.15) is 0 Å². The van der Waals surface area contributed by atoms with Crippen LogP contribution in [0.2, 0.25) is 0 Å². The predicted octanol–water partition coefficient (Wildman–Crippen LogP) is 4.84. The zero-order valence-corrected chi connectivity index (χ0v) is 14.5. The van der Waals surface area contributed by atoms with Crippen molar-refractivity contribution in [1.82, 2.24) is 0 Å². The molecule has 3 rings (SSSR count). The molecule has 1 N–H and O–H groups in total. The topological polar surface area (TPSA) is 32.3 Å². The van der Waals surface area contributed by atoms with Crippen LogP contribution in [0.5, 0.6) is 0 Å². The van der Waals surface area contributed by atoms with Crippen molar-refractivity contribution < 1.29 is 4.79 Å². The van der Waals surface area contributed by atoms with Crippen LogP contribution in [-0.2, 0) is 17.8 Å². The van der Waals surface area contributed by atoms with Crippen molar-refractivity contribution in [2.45, 2.75) is 39.7 Å². The molecule has 0 saturated heterocycles. The predicted molar refractivity (Wildman–Crippen MR) is 100 cm³/mol. The van der Waals surface area contributed by atoms with Crippen molar-refractivity contribution in [1.29, 1.82) is 0 Å². The van der Waals surface area contributed by atoms with Crippen LogP contribution in [0.3, 0.4) is 0 Å². The second kappa shape index (κ2) is 6.91. The fourth-order valence-corrected chi connectivity index (χ4v) is 3.04. The Balaban J connectivity index is 1.79. The number of fused-ring (bicyclic) bond motifs is 1. The summed E-state index contributed by atoms with van der Waals surface area (Å²) in [6.45, 7) is 6.81. The van der Waals surface area contributed by atoms with Crippen LogP contribution in [0.1, 0.15) is 43.4 Å². The van der Waals surface area contributed by atoms with Gasteiger partial charge in [-0.05, 0) is 47.2 Å². The molecule has 0 radical (unpaired) electrons. The first kappa shape index (κ1) is 16.3. The highest BCUT2D eigenvalue weighted by Gasteiger charge is 2.14. The van der Waals surface area contributed by atoms with E-state index in [1.807, 2.05) is 6.07 Å². The lowest BCUT2D eigenvalue weighted by Gasteiger charge is -2.27. The van der Waals surface area contributed by atoms with E-state index < -0.39 is 0 Å². The van der Waals surface area contributed by atoms with Crippen LogP contribution in [0.15, 0.2) is 54.7 Å². The molecule has 0 spiro atoms. The smallest absolute Gasteiger partial charge is 0.221 e. The molecule has 0 bridgehead atoms. The van der Waals surface area contributed by atoms with Gasteiger partial charge in [0, 0.05) is 31.0 Å². The molecule has 0 fully saturated rings. The van der Waals surface area contributed by atoms with Gasteiger partial charge in [0.1, 0.15) is 0 Å². The van der Waals surface area contributed by atoms with Gasteiger partial charge in [0.15, 0.2) is 0 Å². The lowest BCUT2D eigenvalue weighted by molar-refractivity contribution is -0.114. The first-order chi connectivity index (χ1) is 11.5. The summed E-state index contributed by atoms with van der Waals surface area (Å²) in [5, 5.41) is 2.85. The Bertz CT molecular complexity index is 760. The molecule has 0 atom stereocenters. The zero-order valence-electron chi connectivity index (χ0n) is 14.5. The summed E-state index contributed by atoms with van der Waals surface area (Å²) in [6.07, 6.45) is 5.21. The second-order valence-corrected chi connectivity index (χ2v) is 6.64. The number of anilines is 2. The molecule has 124 valence electrons. The average Bonchev–Trinajstić information content (AvgIpc) is 2.55. The molecule has 2 aromatic rings. The maximum absolute atomic E-state index is 11.2. The fourth-order valence-electron chi connectivity index (χ4n) is 3.04. The van der Waals surface area contributed by atoms with E-state index in [2.05, 4.69) is 72.7 Å². The molecule has 3 nitrogen and oxygen atoms in total. The lowest BCUT2D eigenvalue weighted by atomic mass is 10.0. The molecule has 2 aromatic carbocycles. The fraction of sp³-hybridized carbons (Fsp3) is 0.286. The number of hydrogen-bond acceptors (Lipinski definition) is 2. The van der Waals surface area contributed by atoms with E-state index in [1.165, 1.54) is 29.3 Å².